The van der Waals surface area contributed by atoms with Crippen LogP contribution in [0.4, 0.5) is 0 Å². The van der Waals surface area contributed by atoms with Gasteiger partial charge >= 0.3 is 0 Å². The Morgan fingerprint density at radius 1 is 1.05 bits per heavy atom. The fraction of sp³-hybridized carbons (Fsp3) is 0.625. The Labute approximate surface area is 116 Å². The van der Waals surface area contributed by atoms with Crippen LogP contribution < -0.4 is 14.8 Å². The van der Waals surface area contributed by atoms with Gasteiger partial charge in [0.1, 0.15) is 11.5 Å². The first-order valence-corrected chi connectivity index (χ1v) is 7.09. The summed E-state index contributed by atoms with van der Waals surface area (Å²) < 4.78 is 10.6. The van der Waals surface area contributed by atoms with E-state index in [1.807, 2.05) is 6.07 Å². The van der Waals surface area contributed by atoms with Gasteiger partial charge in [-0.05, 0) is 42.4 Å². The van der Waals surface area contributed by atoms with Gasteiger partial charge in [0.15, 0.2) is 0 Å². The molecule has 1 aliphatic rings. The van der Waals surface area contributed by atoms with E-state index >= 15 is 0 Å². The number of methoxy groups -OCH3 is 2. The topological polar surface area (TPSA) is 30.5 Å². The molecule has 0 aliphatic heterocycles. The van der Waals surface area contributed by atoms with E-state index in [-0.39, 0.29) is 0 Å². The van der Waals surface area contributed by atoms with Crippen molar-refractivity contribution in [2.45, 2.75) is 39.3 Å². The van der Waals surface area contributed by atoms with Crippen LogP contribution in [0.2, 0.25) is 0 Å². The van der Waals surface area contributed by atoms with Crippen LogP contribution >= 0.6 is 0 Å². The molecular weight excluding hydrogens is 238 g/mol. The first-order valence-electron chi connectivity index (χ1n) is 7.09. The summed E-state index contributed by atoms with van der Waals surface area (Å²) in [6.45, 7) is 5.57. The minimum Gasteiger partial charge on any atom is -0.497 e. The minimum atomic E-state index is 0.632. The lowest BCUT2D eigenvalue weighted by Gasteiger charge is -2.20. The van der Waals surface area contributed by atoms with Crippen LogP contribution in [0.3, 0.4) is 0 Å². The van der Waals surface area contributed by atoms with Crippen molar-refractivity contribution in [2.75, 3.05) is 14.2 Å². The molecule has 1 aromatic rings. The fourth-order valence-electron chi connectivity index (χ4n) is 2.87. The van der Waals surface area contributed by atoms with Crippen molar-refractivity contribution < 1.29 is 9.47 Å². The van der Waals surface area contributed by atoms with Gasteiger partial charge in [-0.25, -0.2) is 0 Å². The second kappa shape index (κ2) is 6.29. The molecule has 1 aromatic carbocycles. The van der Waals surface area contributed by atoms with Crippen molar-refractivity contribution in [3.63, 3.8) is 0 Å². The monoisotopic (exact) mass is 263 g/mol. The van der Waals surface area contributed by atoms with Gasteiger partial charge in [0.2, 0.25) is 0 Å². The van der Waals surface area contributed by atoms with Crippen LogP contribution in [0.25, 0.3) is 0 Å². The molecule has 0 saturated heterocycles. The standard InChI is InChI=1S/C16H25NO2/c1-11-5-6-16(12(11)2)17-10-13-7-14(18-3)9-15(8-13)19-4/h7-9,11-12,16-17H,5-6,10H2,1-4H3. The molecule has 0 spiro atoms. The van der Waals surface area contributed by atoms with Crippen LogP contribution in [0.1, 0.15) is 32.3 Å². The predicted octanol–water partition coefficient (Wildman–Crippen LogP) is 3.23. The van der Waals surface area contributed by atoms with Crippen LogP contribution in [0, 0.1) is 11.8 Å². The molecule has 0 amide bonds. The van der Waals surface area contributed by atoms with Crippen molar-refractivity contribution in [3.05, 3.63) is 23.8 Å². The molecule has 3 heteroatoms. The van der Waals surface area contributed by atoms with E-state index in [4.69, 9.17) is 9.47 Å². The van der Waals surface area contributed by atoms with Crippen molar-refractivity contribution in [3.8, 4) is 11.5 Å². The van der Waals surface area contributed by atoms with E-state index in [2.05, 4.69) is 31.3 Å². The van der Waals surface area contributed by atoms with Gasteiger partial charge in [0.05, 0.1) is 14.2 Å². The number of nitrogens with one attached hydrogen (secondary N) is 1. The Kier molecular flexibility index (Phi) is 4.70. The highest BCUT2D eigenvalue weighted by molar-refractivity contribution is 5.38. The first kappa shape index (κ1) is 14.2. The van der Waals surface area contributed by atoms with Gasteiger partial charge in [-0.15, -0.1) is 0 Å². The van der Waals surface area contributed by atoms with Crippen molar-refractivity contribution in [1.29, 1.82) is 0 Å². The second-order valence-electron chi connectivity index (χ2n) is 5.62. The second-order valence-corrected chi connectivity index (χ2v) is 5.62. The SMILES string of the molecule is COc1cc(CNC2CCC(C)C2C)cc(OC)c1. The fourth-order valence-corrected chi connectivity index (χ4v) is 2.87. The number of hydrogen-bond acceptors (Lipinski definition) is 3. The maximum absolute atomic E-state index is 5.30. The predicted molar refractivity (Wildman–Crippen MR) is 77.7 cm³/mol. The van der Waals surface area contributed by atoms with E-state index in [0.29, 0.717) is 6.04 Å². The zero-order valence-electron chi connectivity index (χ0n) is 12.4. The third-order valence-corrected chi connectivity index (χ3v) is 4.44. The molecule has 0 heterocycles. The summed E-state index contributed by atoms with van der Waals surface area (Å²) in [5, 5.41) is 3.67. The molecule has 3 unspecified atom stereocenters. The van der Waals surface area contributed by atoms with E-state index in [1.54, 1.807) is 14.2 Å². The first-order chi connectivity index (χ1) is 9.13. The Hall–Kier alpha value is -1.22. The summed E-state index contributed by atoms with van der Waals surface area (Å²) in [5.74, 6) is 3.29. The Balaban J connectivity index is 1.99. The zero-order chi connectivity index (χ0) is 13.8. The summed E-state index contributed by atoms with van der Waals surface area (Å²) >= 11 is 0. The molecule has 0 radical (unpaired) electrons. The quantitative estimate of drug-likeness (QED) is 0.884. The van der Waals surface area contributed by atoms with E-state index < -0.39 is 0 Å². The highest BCUT2D eigenvalue weighted by atomic mass is 16.5. The maximum atomic E-state index is 5.30. The zero-order valence-corrected chi connectivity index (χ0v) is 12.4. The number of benzene rings is 1. The van der Waals surface area contributed by atoms with Gasteiger partial charge in [0, 0.05) is 18.7 Å². The molecule has 0 aromatic heterocycles. The van der Waals surface area contributed by atoms with Crippen molar-refractivity contribution in [2.24, 2.45) is 11.8 Å². The number of rotatable bonds is 5. The highest BCUT2D eigenvalue weighted by Gasteiger charge is 2.28. The summed E-state index contributed by atoms with van der Waals surface area (Å²) in [6.07, 6.45) is 2.61. The smallest absolute Gasteiger partial charge is 0.122 e. The van der Waals surface area contributed by atoms with E-state index in [0.717, 1.165) is 29.9 Å². The lowest BCUT2D eigenvalue weighted by molar-refractivity contribution is 0.367. The summed E-state index contributed by atoms with van der Waals surface area (Å²) in [5.41, 5.74) is 1.21. The van der Waals surface area contributed by atoms with Gasteiger partial charge in [-0.3, -0.25) is 0 Å². The Morgan fingerprint density at radius 3 is 2.16 bits per heavy atom. The summed E-state index contributed by atoms with van der Waals surface area (Å²) in [4.78, 5) is 0. The van der Waals surface area contributed by atoms with Gasteiger partial charge < -0.3 is 14.8 Å². The van der Waals surface area contributed by atoms with Gasteiger partial charge in [-0.1, -0.05) is 13.8 Å². The molecule has 0 bridgehead atoms. The Morgan fingerprint density at radius 2 is 1.68 bits per heavy atom. The molecule has 1 N–H and O–H groups in total. The molecule has 3 nitrogen and oxygen atoms in total. The minimum absolute atomic E-state index is 0.632. The van der Waals surface area contributed by atoms with Gasteiger partial charge in [-0.2, -0.15) is 0 Å². The lowest BCUT2D eigenvalue weighted by Crippen LogP contribution is -2.31. The van der Waals surface area contributed by atoms with E-state index in [9.17, 15) is 0 Å². The van der Waals surface area contributed by atoms with Gasteiger partial charge in [0.25, 0.3) is 0 Å². The normalized spacial score (nSPS) is 26.4. The molecule has 19 heavy (non-hydrogen) atoms. The third kappa shape index (κ3) is 3.41. The molecule has 106 valence electrons. The highest BCUT2D eigenvalue weighted by Crippen LogP contribution is 2.31. The lowest BCUT2D eigenvalue weighted by atomic mass is 9.97. The molecule has 3 atom stereocenters. The summed E-state index contributed by atoms with van der Waals surface area (Å²) in [6, 6.07) is 6.67. The van der Waals surface area contributed by atoms with E-state index in [1.165, 1.54) is 18.4 Å². The van der Waals surface area contributed by atoms with Crippen LogP contribution in [0.5, 0.6) is 11.5 Å². The average molecular weight is 263 g/mol. The average Bonchev–Trinajstić information content (AvgIpc) is 2.76. The van der Waals surface area contributed by atoms with Crippen LogP contribution in [-0.4, -0.2) is 20.3 Å². The molecular formula is C16H25NO2. The molecule has 1 saturated carbocycles. The third-order valence-electron chi connectivity index (χ3n) is 4.44. The number of ether oxygens (including phenoxy) is 2. The summed E-state index contributed by atoms with van der Waals surface area (Å²) in [7, 11) is 3.37. The molecule has 1 aliphatic carbocycles. The molecule has 1 fully saturated rings. The van der Waals surface area contributed by atoms with Crippen molar-refractivity contribution in [1.82, 2.24) is 5.32 Å². The maximum Gasteiger partial charge on any atom is 0.122 e. The van der Waals surface area contributed by atoms with Crippen LogP contribution in [-0.2, 0) is 6.54 Å². The Bertz CT molecular complexity index is 397. The molecule has 2 rings (SSSR count). The van der Waals surface area contributed by atoms with Crippen LogP contribution in [0.15, 0.2) is 18.2 Å². The largest absolute Gasteiger partial charge is 0.497 e. The van der Waals surface area contributed by atoms with Crippen molar-refractivity contribution >= 4 is 0 Å². The number of hydrogen-bond donors (Lipinski definition) is 1.